The van der Waals surface area contributed by atoms with E-state index in [2.05, 4.69) is 48.5 Å². The van der Waals surface area contributed by atoms with Gasteiger partial charge in [-0.25, -0.2) is 0 Å². The van der Waals surface area contributed by atoms with Gasteiger partial charge in [-0.1, -0.05) is 60.5 Å². The van der Waals surface area contributed by atoms with Crippen LogP contribution in [0.2, 0.25) is 0 Å². The number of allylic oxidation sites excluding steroid dienone is 1. The number of hydrogen-bond donors (Lipinski definition) is 0. The van der Waals surface area contributed by atoms with Crippen LogP contribution in [0.3, 0.4) is 0 Å². The Bertz CT molecular complexity index is 535. The highest BCUT2D eigenvalue weighted by molar-refractivity contribution is 5.90. The first kappa shape index (κ1) is 10.6. The molecule has 0 aliphatic heterocycles. The summed E-state index contributed by atoms with van der Waals surface area (Å²) in [7, 11) is 0. The van der Waals surface area contributed by atoms with E-state index in [1.165, 1.54) is 48.4 Å². The van der Waals surface area contributed by atoms with Gasteiger partial charge in [0, 0.05) is 0 Å². The number of hydrogen-bond acceptors (Lipinski definition) is 0. The van der Waals surface area contributed by atoms with Gasteiger partial charge in [-0.2, -0.15) is 0 Å². The minimum absolute atomic E-state index is 1.29. The minimum atomic E-state index is 1.29. The summed E-state index contributed by atoms with van der Waals surface area (Å²) in [5.41, 5.74) is 3.02. The van der Waals surface area contributed by atoms with Gasteiger partial charge in [-0.15, -0.1) is 0 Å². The lowest BCUT2D eigenvalue weighted by atomic mass is 9.92. The number of rotatable bonds is 1. The largest absolute Gasteiger partial charge is 0.0696 e. The third kappa shape index (κ3) is 2.26. The van der Waals surface area contributed by atoms with Crippen LogP contribution in [-0.2, 0) is 0 Å². The first-order chi connectivity index (χ1) is 8.43. The standard InChI is InChI=1S/C17H18/c1-2-7-14(8-3-1)13-16-11-6-10-15-9-4-5-12-17(15)16/h4-6,9-13H,1-3,7-8H2. The molecule has 0 heterocycles. The van der Waals surface area contributed by atoms with Crippen LogP contribution >= 0.6 is 0 Å². The zero-order chi connectivity index (χ0) is 11.5. The molecule has 1 aliphatic rings. The minimum Gasteiger partial charge on any atom is -0.0696 e. The van der Waals surface area contributed by atoms with Gasteiger partial charge in [0.15, 0.2) is 0 Å². The fraction of sp³-hybridized carbons (Fsp3) is 0.294. The van der Waals surface area contributed by atoms with E-state index in [1.807, 2.05) is 0 Å². The molecule has 3 rings (SSSR count). The van der Waals surface area contributed by atoms with Crippen molar-refractivity contribution in [1.29, 1.82) is 0 Å². The topological polar surface area (TPSA) is 0 Å². The summed E-state index contributed by atoms with van der Waals surface area (Å²) in [4.78, 5) is 0. The van der Waals surface area contributed by atoms with Gasteiger partial charge in [0.2, 0.25) is 0 Å². The zero-order valence-electron chi connectivity index (χ0n) is 10.2. The monoisotopic (exact) mass is 222 g/mol. The molecule has 0 nitrogen and oxygen atoms in total. The summed E-state index contributed by atoms with van der Waals surface area (Å²) in [6.07, 6.45) is 9.16. The smallest absolute Gasteiger partial charge is 0.0111 e. The van der Waals surface area contributed by atoms with Crippen LogP contribution in [0.15, 0.2) is 48.0 Å². The van der Waals surface area contributed by atoms with E-state index in [1.54, 1.807) is 5.57 Å². The van der Waals surface area contributed by atoms with E-state index in [0.717, 1.165) is 0 Å². The molecule has 0 amide bonds. The first-order valence-electron chi connectivity index (χ1n) is 6.61. The van der Waals surface area contributed by atoms with Gasteiger partial charge in [-0.05, 0) is 42.0 Å². The van der Waals surface area contributed by atoms with Gasteiger partial charge < -0.3 is 0 Å². The van der Waals surface area contributed by atoms with E-state index < -0.39 is 0 Å². The van der Waals surface area contributed by atoms with Crippen molar-refractivity contribution in [2.75, 3.05) is 0 Å². The lowest BCUT2D eigenvalue weighted by Gasteiger charge is -2.14. The Morgan fingerprint density at radius 3 is 2.41 bits per heavy atom. The Morgan fingerprint density at radius 2 is 1.53 bits per heavy atom. The van der Waals surface area contributed by atoms with Crippen molar-refractivity contribution in [3.63, 3.8) is 0 Å². The van der Waals surface area contributed by atoms with Crippen molar-refractivity contribution < 1.29 is 0 Å². The van der Waals surface area contributed by atoms with Crippen molar-refractivity contribution >= 4 is 16.8 Å². The molecule has 0 bridgehead atoms. The van der Waals surface area contributed by atoms with E-state index in [0.29, 0.717) is 0 Å². The van der Waals surface area contributed by atoms with E-state index in [4.69, 9.17) is 0 Å². The predicted octanol–water partition coefficient (Wildman–Crippen LogP) is 5.19. The maximum atomic E-state index is 2.42. The summed E-state index contributed by atoms with van der Waals surface area (Å²) >= 11 is 0. The predicted molar refractivity (Wildman–Crippen MR) is 75.0 cm³/mol. The lowest BCUT2D eigenvalue weighted by Crippen LogP contribution is -1.93. The van der Waals surface area contributed by atoms with Gasteiger partial charge >= 0.3 is 0 Å². The van der Waals surface area contributed by atoms with Gasteiger partial charge in [0.05, 0.1) is 0 Å². The summed E-state index contributed by atoms with van der Waals surface area (Å²) < 4.78 is 0. The van der Waals surface area contributed by atoms with Gasteiger partial charge in [0.1, 0.15) is 0 Å². The average Bonchev–Trinajstić information content (AvgIpc) is 2.40. The Hall–Kier alpha value is -1.56. The summed E-state index contributed by atoms with van der Waals surface area (Å²) in [5, 5.41) is 2.73. The summed E-state index contributed by atoms with van der Waals surface area (Å²) in [6.45, 7) is 0. The molecule has 0 saturated heterocycles. The maximum absolute atomic E-state index is 2.42. The van der Waals surface area contributed by atoms with Crippen molar-refractivity contribution in [2.24, 2.45) is 0 Å². The number of benzene rings is 2. The fourth-order valence-corrected chi connectivity index (χ4v) is 2.75. The molecule has 0 aromatic heterocycles. The highest BCUT2D eigenvalue weighted by atomic mass is 14.1. The van der Waals surface area contributed by atoms with Crippen LogP contribution in [0, 0.1) is 0 Å². The molecule has 2 aromatic rings. The molecule has 0 unspecified atom stereocenters. The van der Waals surface area contributed by atoms with Gasteiger partial charge in [-0.3, -0.25) is 0 Å². The Labute approximate surface area is 103 Å². The molecular weight excluding hydrogens is 204 g/mol. The van der Waals surface area contributed by atoms with Crippen LogP contribution in [0.4, 0.5) is 0 Å². The van der Waals surface area contributed by atoms with Crippen LogP contribution in [0.5, 0.6) is 0 Å². The highest BCUT2D eigenvalue weighted by Gasteiger charge is 2.06. The lowest BCUT2D eigenvalue weighted by molar-refractivity contribution is 0.602. The second-order valence-corrected chi connectivity index (χ2v) is 4.93. The summed E-state index contributed by atoms with van der Waals surface area (Å²) in [6, 6.07) is 15.3. The molecule has 0 spiro atoms. The van der Waals surface area contributed by atoms with E-state index in [-0.39, 0.29) is 0 Å². The van der Waals surface area contributed by atoms with Crippen molar-refractivity contribution in [2.45, 2.75) is 32.1 Å². The molecule has 0 radical (unpaired) electrons. The molecule has 0 atom stereocenters. The zero-order valence-corrected chi connectivity index (χ0v) is 10.2. The molecule has 86 valence electrons. The maximum Gasteiger partial charge on any atom is -0.0111 e. The molecule has 1 saturated carbocycles. The van der Waals surface area contributed by atoms with Crippen molar-refractivity contribution in [3.8, 4) is 0 Å². The molecule has 2 aromatic carbocycles. The van der Waals surface area contributed by atoms with E-state index >= 15 is 0 Å². The molecule has 0 heteroatoms. The highest BCUT2D eigenvalue weighted by Crippen LogP contribution is 2.27. The molecule has 1 aliphatic carbocycles. The third-order valence-corrected chi connectivity index (χ3v) is 3.68. The summed E-state index contributed by atoms with van der Waals surface area (Å²) in [5.74, 6) is 0. The van der Waals surface area contributed by atoms with Gasteiger partial charge in [0.25, 0.3) is 0 Å². The normalized spacial score (nSPS) is 16.1. The second kappa shape index (κ2) is 4.75. The van der Waals surface area contributed by atoms with Crippen LogP contribution in [0.1, 0.15) is 37.7 Å². The van der Waals surface area contributed by atoms with Crippen molar-refractivity contribution in [1.82, 2.24) is 0 Å². The quantitative estimate of drug-likeness (QED) is 0.623. The second-order valence-electron chi connectivity index (χ2n) is 4.93. The molecule has 1 fully saturated rings. The average molecular weight is 222 g/mol. The molecule has 0 N–H and O–H groups in total. The van der Waals surface area contributed by atoms with Crippen LogP contribution < -0.4 is 0 Å². The van der Waals surface area contributed by atoms with Crippen LogP contribution in [-0.4, -0.2) is 0 Å². The fourth-order valence-electron chi connectivity index (χ4n) is 2.75. The Balaban J connectivity index is 2.05. The molecular formula is C17H18. The van der Waals surface area contributed by atoms with Crippen LogP contribution in [0.25, 0.3) is 16.8 Å². The number of fused-ring (bicyclic) bond motifs is 1. The molecule has 17 heavy (non-hydrogen) atoms. The van der Waals surface area contributed by atoms with E-state index in [9.17, 15) is 0 Å². The third-order valence-electron chi connectivity index (χ3n) is 3.68. The Morgan fingerprint density at radius 1 is 0.765 bits per heavy atom. The Kier molecular flexibility index (Phi) is 2.96. The SMILES string of the molecule is C(=C1CCCCC1)c1cccc2ccccc12. The van der Waals surface area contributed by atoms with Crippen molar-refractivity contribution in [3.05, 3.63) is 53.6 Å². The first-order valence-corrected chi connectivity index (χ1v) is 6.61.